The Kier molecular flexibility index (Phi) is 7.34. The van der Waals surface area contributed by atoms with E-state index in [-0.39, 0.29) is 0 Å². The summed E-state index contributed by atoms with van der Waals surface area (Å²) in [6, 6.07) is 8.34. The van der Waals surface area contributed by atoms with E-state index in [1.165, 1.54) is 38.6 Å². The summed E-state index contributed by atoms with van der Waals surface area (Å²) in [6.07, 6.45) is 10.0. The molecule has 0 radical (unpaired) electrons. The zero-order valence-corrected chi connectivity index (χ0v) is 19.2. The molecule has 0 bridgehead atoms. The lowest BCUT2D eigenvalue weighted by molar-refractivity contribution is 0.216. The molecule has 0 atom stereocenters. The summed E-state index contributed by atoms with van der Waals surface area (Å²) in [4.78, 5) is 16.0. The second-order valence-electron chi connectivity index (χ2n) is 8.52. The van der Waals surface area contributed by atoms with Crippen molar-refractivity contribution in [3.63, 3.8) is 0 Å². The zero-order chi connectivity index (χ0) is 20.9. The summed E-state index contributed by atoms with van der Waals surface area (Å²) in [7, 11) is 2.13. The van der Waals surface area contributed by atoms with Crippen LogP contribution in [-0.4, -0.2) is 60.7 Å². The Morgan fingerprint density at radius 3 is 2.37 bits per heavy atom. The van der Waals surface area contributed by atoms with Crippen LogP contribution >= 0.6 is 23.2 Å². The van der Waals surface area contributed by atoms with Crippen LogP contribution in [0.3, 0.4) is 0 Å². The second-order valence-corrected chi connectivity index (χ2v) is 9.31. The van der Waals surface area contributed by atoms with E-state index in [9.17, 15) is 0 Å². The summed E-state index contributed by atoms with van der Waals surface area (Å²) < 4.78 is 0. The molecular formula is C23H31Cl2N5. The maximum atomic E-state index is 6.40. The monoisotopic (exact) mass is 447 g/mol. The summed E-state index contributed by atoms with van der Waals surface area (Å²) in [5.74, 6) is 1.69. The van der Waals surface area contributed by atoms with Crippen molar-refractivity contribution in [1.82, 2.24) is 14.9 Å². The largest absolute Gasteiger partial charge is 0.368 e. The molecule has 0 amide bonds. The molecule has 0 spiro atoms. The van der Waals surface area contributed by atoms with Gasteiger partial charge in [-0.15, -0.1) is 0 Å². The van der Waals surface area contributed by atoms with Crippen molar-refractivity contribution >= 4 is 34.8 Å². The van der Waals surface area contributed by atoms with Crippen LogP contribution in [-0.2, 0) is 0 Å². The summed E-state index contributed by atoms with van der Waals surface area (Å²) in [5, 5.41) is 1.31. The van der Waals surface area contributed by atoms with Crippen molar-refractivity contribution in [2.24, 2.45) is 5.92 Å². The topological polar surface area (TPSA) is 35.5 Å². The molecule has 0 N–H and O–H groups in total. The number of hydrogen-bond acceptors (Lipinski definition) is 5. The van der Waals surface area contributed by atoms with E-state index in [0.717, 1.165) is 43.7 Å². The van der Waals surface area contributed by atoms with Gasteiger partial charge in [0.25, 0.3) is 0 Å². The van der Waals surface area contributed by atoms with Crippen LogP contribution in [0.15, 0.2) is 36.7 Å². The predicted molar refractivity (Wildman–Crippen MR) is 126 cm³/mol. The van der Waals surface area contributed by atoms with Crippen LogP contribution in [0.25, 0.3) is 0 Å². The summed E-state index contributed by atoms with van der Waals surface area (Å²) in [5.41, 5.74) is 1.06. The second kappa shape index (κ2) is 10.2. The van der Waals surface area contributed by atoms with Crippen LogP contribution in [0.1, 0.15) is 32.1 Å². The minimum Gasteiger partial charge on any atom is -0.368 e. The van der Waals surface area contributed by atoms with Gasteiger partial charge in [0.05, 0.1) is 15.7 Å². The lowest BCUT2D eigenvalue weighted by Gasteiger charge is -2.38. The number of hydrogen-bond donors (Lipinski definition) is 0. The van der Waals surface area contributed by atoms with Crippen molar-refractivity contribution in [1.29, 1.82) is 0 Å². The van der Waals surface area contributed by atoms with Crippen molar-refractivity contribution < 1.29 is 0 Å². The van der Waals surface area contributed by atoms with Gasteiger partial charge in [0.1, 0.15) is 0 Å². The van der Waals surface area contributed by atoms with Gasteiger partial charge in [-0.25, -0.2) is 9.97 Å². The van der Waals surface area contributed by atoms with Gasteiger partial charge >= 0.3 is 0 Å². The smallest absolute Gasteiger partial charge is 0.225 e. The highest BCUT2D eigenvalue weighted by Gasteiger charge is 2.26. The number of halogens is 2. The Labute approximate surface area is 190 Å². The third kappa shape index (κ3) is 5.19. The fourth-order valence-electron chi connectivity index (χ4n) is 4.77. The Hall–Kier alpha value is -1.56. The first-order valence-electron chi connectivity index (χ1n) is 11.0. The summed E-state index contributed by atoms with van der Waals surface area (Å²) in [6.45, 7) is 5.39. The van der Waals surface area contributed by atoms with Crippen LogP contribution < -0.4 is 9.80 Å². The number of aromatic nitrogens is 2. The number of benzene rings is 1. The fraction of sp³-hybridized carbons (Fsp3) is 0.565. The molecule has 5 nitrogen and oxygen atoms in total. The Morgan fingerprint density at radius 2 is 1.67 bits per heavy atom. The van der Waals surface area contributed by atoms with Gasteiger partial charge in [-0.2, -0.15) is 0 Å². The third-order valence-electron chi connectivity index (χ3n) is 6.73. The SMILES string of the molecule is CN(c1ncccn1)[C@H]1CC[C@H](CCN2CCN(c3cccc(Cl)c3Cl)CC2)CC1. The first-order chi connectivity index (χ1) is 14.6. The molecule has 2 aromatic rings. The first kappa shape index (κ1) is 21.7. The predicted octanol–water partition coefficient (Wildman–Crippen LogP) is 4.99. The quantitative estimate of drug-likeness (QED) is 0.622. The highest BCUT2D eigenvalue weighted by Crippen LogP contribution is 2.33. The van der Waals surface area contributed by atoms with E-state index >= 15 is 0 Å². The number of anilines is 2. The van der Waals surface area contributed by atoms with Gasteiger partial charge in [0, 0.05) is 51.7 Å². The zero-order valence-electron chi connectivity index (χ0n) is 17.7. The maximum absolute atomic E-state index is 6.40. The van der Waals surface area contributed by atoms with E-state index in [2.05, 4.69) is 37.8 Å². The highest BCUT2D eigenvalue weighted by atomic mass is 35.5. The van der Waals surface area contributed by atoms with Crippen LogP contribution in [0.5, 0.6) is 0 Å². The summed E-state index contributed by atoms with van der Waals surface area (Å²) >= 11 is 12.6. The van der Waals surface area contributed by atoms with Gasteiger partial charge in [-0.1, -0.05) is 29.3 Å². The lowest BCUT2D eigenvalue weighted by Crippen LogP contribution is -2.47. The average Bonchev–Trinajstić information content (AvgIpc) is 2.80. The van der Waals surface area contributed by atoms with Gasteiger partial charge in [-0.3, -0.25) is 4.90 Å². The molecule has 2 fully saturated rings. The van der Waals surface area contributed by atoms with Crippen molar-refractivity contribution in [2.45, 2.75) is 38.1 Å². The van der Waals surface area contributed by atoms with Crippen molar-refractivity contribution in [2.75, 3.05) is 49.6 Å². The first-order valence-corrected chi connectivity index (χ1v) is 11.8. The molecule has 162 valence electrons. The van der Waals surface area contributed by atoms with Gasteiger partial charge in [-0.05, 0) is 62.8 Å². The van der Waals surface area contributed by atoms with E-state index in [4.69, 9.17) is 23.2 Å². The third-order valence-corrected chi connectivity index (χ3v) is 7.54. The Balaban J connectivity index is 1.18. The molecule has 4 rings (SSSR count). The Bertz CT molecular complexity index is 802. The standard InChI is InChI=1S/C23H31Cl2N5/c1-28(23-26-11-3-12-27-23)19-8-6-18(7-9-19)10-13-29-14-16-30(17-15-29)21-5-2-4-20(24)22(21)25/h2-5,11-12,18-19H,6-10,13-17H2,1H3/t18-,19-. The minimum atomic E-state index is 0.564. The molecule has 0 unspecified atom stereocenters. The molecule has 1 aromatic carbocycles. The molecular weight excluding hydrogens is 417 g/mol. The van der Waals surface area contributed by atoms with Crippen LogP contribution in [0.4, 0.5) is 11.6 Å². The van der Waals surface area contributed by atoms with Gasteiger partial charge in [0.15, 0.2) is 0 Å². The molecule has 1 saturated heterocycles. The van der Waals surface area contributed by atoms with Crippen molar-refractivity contribution in [3.8, 4) is 0 Å². The number of piperazine rings is 1. The molecule has 7 heteroatoms. The van der Waals surface area contributed by atoms with E-state index < -0.39 is 0 Å². The molecule has 2 heterocycles. The lowest BCUT2D eigenvalue weighted by atomic mass is 9.83. The van der Waals surface area contributed by atoms with Crippen LogP contribution in [0, 0.1) is 5.92 Å². The highest BCUT2D eigenvalue weighted by molar-refractivity contribution is 6.43. The van der Waals surface area contributed by atoms with Gasteiger partial charge in [0.2, 0.25) is 5.95 Å². The molecule has 30 heavy (non-hydrogen) atoms. The van der Waals surface area contributed by atoms with E-state index in [1.54, 1.807) is 0 Å². The minimum absolute atomic E-state index is 0.564. The van der Waals surface area contributed by atoms with Gasteiger partial charge < -0.3 is 9.80 Å². The molecule has 2 aliphatic rings. The molecule has 1 saturated carbocycles. The molecule has 1 aliphatic carbocycles. The molecule has 1 aromatic heterocycles. The average molecular weight is 448 g/mol. The van der Waals surface area contributed by atoms with Crippen molar-refractivity contribution in [3.05, 3.63) is 46.7 Å². The number of rotatable bonds is 6. The maximum Gasteiger partial charge on any atom is 0.225 e. The fourth-order valence-corrected chi connectivity index (χ4v) is 5.19. The Morgan fingerprint density at radius 1 is 0.967 bits per heavy atom. The van der Waals surface area contributed by atoms with E-state index in [1.807, 2.05) is 30.6 Å². The normalized spacial score (nSPS) is 22.8. The van der Waals surface area contributed by atoms with Crippen LogP contribution in [0.2, 0.25) is 10.0 Å². The number of nitrogens with zero attached hydrogens (tertiary/aromatic N) is 5. The van der Waals surface area contributed by atoms with E-state index in [0.29, 0.717) is 16.1 Å². The molecule has 1 aliphatic heterocycles.